The Bertz CT molecular complexity index is 1000. The van der Waals surface area contributed by atoms with Crippen LogP contribution in [0.1, 0.15) is 47.0 Å². The van der Waals surface area contributed by atoms with Gasteiger partial charge in [-0.3, -0.25) is 33.3 Å². The lowest BCUT2D eigenvalue weighted by atomic mass is 10.0. The van der Waals surface area contributed by atoms with Crippen LogP contribution in [0.4, 0.5) is 0 Å². The summed E-state index contributed by atoms with van der Waals surface area (Å²) in [7, 11) is -5.03. The summed E-state index contributed by atoms with van der Waals surface area (Å²) in [6.07, 6.45) is -0.225. The molecule has 0 spiro atoms. The third kappa shape index (κ3) is 11.6. The maximum absolute atomic E-state index is 12.8. The van der Waals surface area contributed by atoms with E-state index >= 15 is 0 Å². The average molecular weight is 595 g/mol. The van der Waals surface area contributed by atoms with Crippen molar-refractivity contribution in [1.29, 1.82) is 0 Å². The molecule has 228 valence electrons. The third-order valence-electron chi connectivity index (χ3n) is 5.93. The smallest absolute Gasteiger partial charge is 0.394 e. The minimum atomic E-state index is -5.03. The van der Waals surface area contributed by atoms with Gasteiger partial charge in [0, 0.05) is 13.5 Å². The molecule has 18 heteroatoms. The van der Waals surface area contributed by atoms with Crippen molar-refractivity contribution in [3.05, 3.63) is 0 Å². The van der Waals surface area contributed by atoms with Crippen molar-refractivity contribution in [3.63, 3.8) is 0 Å². The van der Waals surface area contributed by atoms with Gasteiger partial charge in [0.1, 0.15) is 24.2 Å². The Hall–Kier alpha value is -3.11. The number of carbonyl (C=O) groups excluding carboxylic acids is 6. The van der Waals surface area contributed by atoms with Crippen LogP contribution in [0.3, 0.4) is 0 Å². The van der Waals surface area contributed by atoms with Crippen molar-refractivity contribution in [2.75, 3.05) is 19.7 Å². The van der Waals surface area contributed by atoms with Crippen molar-refractivity contribution in [2.45, 2.75) is 77.2 Å². The molecule has 6 amide bonds. The second-order valence-corrected chi connectivity index (χ2v) is 11.0. The summed E-state index contributed by atoms with van der Waals surface area (Å²) in [5, 5.41) is 18.7. The summed E-state index contributed by atoms with van der Waals surface area (Å²) in [5.74, 6) is -4.69. The van der Waals surface area contributed by atoms with Gasteiger partial charge in [-0.2, -0.15) is 0 Å². The Balaban J connectivity index is 2.77. The zero-order valence-corrected chi connectivity index (χ0v) is 23.7. The van der Waals surface area contributed by atoms with Crippen LogP contribution in [0.5, 0.6) is 0 Å². The van der Waals surface area contributed by atoms with Crippen LogP contribution in [0.2, 0.25) is 0 Å². The topological polar surface area (TPSA) is 267 Å². The molecule has 0 aromatic rings. The monoisotopic (exact) mass is 594 g/mol. The summed E-state index contributed by atoms with van der Waals surface area (Å²) in [6.45, 7) is 4.92. The van der Waals surface area contributed by atoms with Crippen molar-refractivity contribution >= 4 is 43.3 Å². The highest BCUT2D eigenvalue weighted by atomic mass is 31.2. The number of nitrogens with two attached hydrogens (primary N) is 1. The molecule has 0 bridgehead atoms. The van der Waals surface area contributed by atoms with E-state index < -0.39 is 80.8 Å². The molecule has 1 saturated heterocycles. The van der Waals surface area contributed by atoms with Gasteiger partial charge in [0.15, 0.2) is 0 Å². The number of phosphoric ester groups is 1. The van der Waals surface area contributed by atoms with Crippen LogP contribution in [0, 0.1) is 5.92 Å². The molecule has 1 fully saturated rings. The number of aliphatic hydroxyl groups excluding tert-OH is 1. The number of primary amides is 1. The number of hydrogen-bond donors (Lipinski definition) is 8. The van der Waals surface area contributed by atoms with E-state index in [0.717, 1.165) is 6.92 Å². The van der Waals surface area contributed by atoms with Gasteiger partial charge in [0.25, 0.3) is 0 Å². The Kier molecular flexibility index (Phi) is 13.6. The Morgan fingerprint density at radius 2 is 1.65 bits per heavy atom. The normalized spacial score (nSPS) is 18.3. The lowest BCUT2D eigenvalue weighted by Crippen LogP contribution is -2.58. The fourth-order valence-corrected chi connectivity index (χ4v) is 4.62. The first-order chi connectivity index (χ1) is 18.5. The molecular weight excluding hydrogens is 555 g/mol. The standard InChI is InChI=1S/C22H39N6O11P/c1-11(2)8-14(26-22(35)16-6-5-7-28(16)13(4)30)20(33)24-9-17(31)25-15(10-29)21(34)27-18(19(23)32)12(3)39-40(36,37)38/h11-12,14-16,18,29H,5-10H2,1-4H3,(H2,23,32)(H,24,33)(H,25,31)(H,26,35)(H,27,34)(H2,36,37,38). The number of nitrogens with one attached hydrogen (secondary N) is 4. The Morgan fingerprint density at radius 1 is 1.02 bits per heavy atom. The second kappa shape index (κ2) is 15.6. The second-order valence-electron chi connectivity index (χ2n) is 9.77. The van der Waals surface area contributed by atoms with Gasteiger partial charge < -0.3 is 46.8 Å². The van der Waals surface area contributed by atoms with E-state index in [0.29, 0.717) is 19.4 Å². The average Bonchev–Trinajstić information content (AvgIpc) is 3.32. The van der Waals surface area contributed by atoms with Crippen molar-refractivity contribution in [3.8, 4) is 0 Å². The molecule has 1 rings (SSSR count). The number of hydrogen-bond acceptors (Lipinski definition) is 9. The molecule has 1 aliphatic rings. The van der Waals surface area contributed by atoms with E-state index in [-0.39, 0.29) is 18.2 Å². The molecule has 5 atom stereocenters. The molecule has 9 N–H and O–H groups in total. The van der Waals surface area contributed by atoms with Gasteiger partial charge in [-0.15, -0.1) is 0 Å². The van der Waals surface area contributed by atoms with Gasteiger partial charge in [-0.25, -0.2) is 4.57 Å². The van der Waals surface area contributed by atoms with Crippen molar-refractivity contribution in [1.82, 2.24) is 26.2 Å². The molecule has 1 heterocycles. The van der Waals surface area contributed by atoms with Gasteiger partial charge in [0.2, 0.25) is 35.4 Å². The summed E-state index contributed by atoms with van der Waals surface area (Å²) < 4.78 is 15.4. The number of aliphatic hydroxyl groups is 1. The van der Waals surface area contributed by atoms with E-state index in [9.17, 15) is 38.4 Å². The van der Waals surface area contributed by atoms with E-state index in [1.807, 2.05) is 19.2 Å². The summed E-state index contributed by atoms with van der Waals surface area (Å²) in [6, 6.07) is -5.06. The lowest BCUT2D eigenvalue weighted by Gasteiger charge is -2.26. The van der Waals surface area contributed by atoms with Crippen LogP contribution >= 0.6 is 7.82 Å². The SMILES string of the molecule is CC(=O)N1CCCC1C(=O)NC(CC(C)C)C(=O)NCC(=O)NC(CO)C(=O)NC(C(N)=O)C(C)OP(=O)(O)O. The van der Waals surface area contributed by atoms with Crippen molar-refractivity contribution in [2.24, 2.45) is 11.7 Å². The number of amides is 6. The molecule has 40 heavy (non-hydrogen) atoms. The Labute approximate surface area is 231 Å². The van der Waals surface area contributed by atoms with Crippen LogP contribution < -0.4 is 27.0 Å². The maximum Gasteiger partial charge on any atom is 0.469 e. The fraction of sp³-hybridized carbons (Fsp3) is 0.727. The van der Waals surface area contributed by atoms with Gasteiger partial charge in [-0.05, 0) is 32.1 Å². The van der Waals surface area contributed by atoms with Gasteiger partial charge >= 0.3 is 7.82 Å². The molecule has 0 aromatic carbocycles. The number of phosphoric acid groups is 1. The molecule has 5 unspecified atom stereocenters. The van der Waals surface area contributed by atoms with Crippen LogP contribution in [0.25, 0.3) is 0 Å². The predicted molar refractivity (Wildman–Crippen MR) is 138 cm³/mol. The number of likely N-dealkylation sites (tertiary alicyclic amines) is 1. The highest BCUT2D eigenvalue weighted by molar-refractivity contribution is 7.46. The van der Waals surface area contributed by atoms with Crippen LogP contribution in [-0.2, 0) is 37.9 Å². The maximum atomic E-state index is 12.8. The quantitative estimate of drug-likeness (QED) is 0.0865. The Morgan fingerprint density at radius 3 is 2.15 bits per heavy atom. The number of rotatable bonds is 15. The van der Waals surface area contributed by atoms with Crippen molar-refractivity contribution < 1.29 is 52.7 Å². The predicted octanol–water partition coefficient (Wildman–Crippen LogP) is -3.41. The fourth-order valence-electron chi connectivity index (χ4n) is 4.07. The van der Waals surface area contributed by atoms with Crippen LogP contribution in [-0.4, -0.2) is 105 Å². The van der Waals surface area contributed by atoms with E-state index in [1.54, 1.807) is 0 Å². The molecule has 0 radical (unpaired) electrons. The molecule has 0 aromatic heterocycles. The molecule has 0 aliphatic carbocycles. The number of carbonyl (C=O) groups is 6. The molecular formula is C22H39N6O11P. The first-order valence-electron chi connectivity index (χ1n) is 12.6. The first-order valence-corrected chi connectivity index (χ1v) is 14.1. The first kappa shape index (κ1) is 34.9. The minimum Gasteiger partial charge on any atom is -0.394 e. The third-order valence-corrected chi connectivity index (χ3v) is 6.54. The van der Waals surface area contributed by atoms with E-state index in [2.05, 4.69) is 20.5 Å². The number of nitrogens with zero attached hydrogens (tertiary/aromatic N) is 1. The molecule has 1 aliphatic heterocycles. The van der Waals surface area contributed by atoms with Gasteiger partial charge in [-0.1, -0.05) is 13.8 Å². The lowest BCUT2D eigenvalue weighted by molar-refractivity contribution is -0.138. The zero-order chi connectivity index (χ0) is 30.8. The van der Waals surface area contributed by atoms with Crippen LogP contribution in [0.15, 0.2) is 0 Å². The molecule has 0 saturated carbocycles. The highest BCUT2D eigenvalue weighted by Gasteiger charge is 2.35. The largest absolute Gasteiger partial charge is 0.469 e. The zero-order valence-electron chi connectivity index (χ0n) is 22.8. The molecule has 17 nitrogen and oxygen atoms in total. The minimum absolute atomic E-state index is 0.0185. The van der Waals surface area contributed by atoms with E-state index in [4.69, 9.17) is 15.5 Å². The van der Waals surface area contributed by atoms with E-state index in [1.165, 1.54) is 11.8 Å². The summed E-state index contributed by atoms with van der Waals surface area (Å²) in [4.78, 5) is 93.2. The summed E-state index contributed by atoms with van der Waals surface area (Å²) in [5.41, 5.74) is 5.15. The van der Waals surface area contributed by atoms with Gasteiger partial charge in [0.05, 0.1) is 19.3 Å². The highest BCUT2D eigenvalue weighted by Crippen LogP contribution is 2.38. The summed E-state index contributed by atoms with van der Waals surface area (Å²) >= 11 is 0.